The molecule has 2 nitrogen and oxygen atoms in total. The van der Waals surface area contributed by atoms with Gasteiger partial charge in [0.25, 0.3) is 0 Å². The second-order valence-electron chi connectivity index (χ2n) is 4.28. The number of benzene rings is 1. The summed E-state index contributed by atoms with van der Waals surface area (Å²) >= 11 is 0. The van der Waals surface area contributed by atoms with Gasteiger partial charge in [0, 0.05) is 29.3 Å². The van der Waals surface area contributed by atoms with Crippen LogP contribution in [0, 0.1) is 5.92 Å². The van der Waals surface area contributed by atoms with Gasteiger partial charge in [-0.25, -0.2) is 0 Å². The smallest absolute Gasteiger partial charge is 0.166 e. The van der Waals surface area contributed by atoms with Crippen LogP contribution in [0.15, 0.2) is 36.7 Å². The molecule has 0 aliphatic carbocycles. The lowest BCUT2D eigenvalue weighted by molar-refractivity contribution is 0.0915. The molecule has 1 aromatic carbocycles. The van der Waals surface area contributed by atoms with Crippen molar-refractivity contribution >= 4 is 16.6 Å². The van der Waals surface area contributed by atoms with Gasteiger partial charge in [-0.15, -0.1) is 0 Å². The first-order chi connectivity index (χ1) is 8.27. The summed E-state index contributed by atoms with van der Waals surface area (Å²) in [5, 5.41) is 2.05. The van der Waals surface area contributed by atoms with E-state index in [0.717, 1.165) is 29.2 Å². The average molecular weight is 227 g/mol. The van der Waals surface area contributed by atoms with Gasteiger partial charge in [0.1, 0.15) is 0 Å². The molecule has 0 bridgehead atoms. The third-order valence-electron chi connectivity index (χ3n) is 3.30. The highest BCUT2D eigenvalue weighted by atomic mass is 16.1. The van der Waals surface area contributed by atoms with Crippen LogP contribution in [0.2, 0.25) is 0 Å². The fraction of sp³-hybridized carbons (Fsp3) is 0.333. The van der Waals surface area contributed by atoms with Crippen LogP contribution in [0.1, 0.15) is 37.0 Å². The number of ketones is 1. The fourth-order valence-electron chi connectivity index (χ4n) is 2.22. The zero-order valence-electron chi connectivity index (χ0n) is 10.3. The predicted molar refractivity (Wildman–Crippen MR) is 70.1 cm³/mol. The number of carbonyl (C=O) groups is 1. The highest BCUT2D eigenvalue weighted by Crippen LogP contribution is 2.23. The van der Waals surface area contributed by atoms with Gasteiger partial charge in [0.05, 0.1) is 0 Å². The van der Waals surface area contributed by atoms with E-state index in [-0.39, 0.29) is 11.7 Å². The molecular formula is C15H17NO. The van der Waals surface area contributed by atoms with E-state index in [9.17, 15) is 4.79 Å². The molecule has 2 heteroatoms. The first-order valence-corrected chi connectivity index (χ1v) is 6.14. The molecule has 0 fully saturated rings. The van der Waals surface area contributed by atoms with Crippen molar-refractivity contribution in [2.24, 2.45) is 5.92 Å². The maximum Gasteiger partial charge on any atom is 0.166 e. The minimum absolute atomic E-state index is 0.133. The number of rotatable bonds is 4. The Balaban J connectivity index is 2.52. The Hall–Kier alpha value is -1.70. The molecule has 2 rings (SSSR count). The Labute approximate surface area is 102 Å². The number of Topliss-reactive ketones (excluding diaryl/α,β-unsaturated/α-hetero) is 1. The number of fused-ring (bicyclic) bond motifs is 1. The summed E-state index contributed by atoms with van der Waals surface area (Å²) in [6, 6.07) is 7.76. The van der Waals surface area contributed by atoms with Crippen LogP contribution in [0.5, 0.6) is 0 Å². The van der Waals surface area contributed by atoms with Gasteiger partial charge in [-0.05, 0) is 24.3 Å². The topological polar surface area (TPSA) is 30.0 Å². The third kappa shape index (κ3) is 2.21. The van der Waals surface area contributed by atoms with E-state index < -0.39 is 0 Å². The first-order valence-electron chi connectivity index (χ1n) is 6.14. The molecule has 0 radical (unpaired) electrons. The minimum atomic E-state index is 0.133. The summed E-state index contributed by atoms with van der Waals surface area (Å²) in [5.41, 5.74) is 0.832. The molecule has 0 saturated heterocycles. The minimum Gasteiger partial charge on any atom is -0.294 e. The molecule has 0 N–H and O–H groups in total. The zero-order valence-corrected chi connectivity index (χ0v) is 10.3. The van der Waals surface area contributed by atoms with E-state index in [1.165, 1.54) is 0 Å². The first kappa shape index (κ1) is 11.8. The fourth-order valence-corrected chi connectivity index (χ4v) is 2.22. The SMILES string of the molecule is CCC(CC)C(=O)c1cccc2cnccc12. The highest BCUT2D eigenvalue weighted by molar-refractivity contribution is 6.08. The molecule has 0 aliphatic heterocycles. The van der Waals surface area contributed by atoms with Gasteiger partial charge in [-0.2, -0.15) is 0 Å². The molecular weight excluding hydrogens is 210 g/mol. The summed E-state index contributed by atoms with van der Waals surface area (Å²) in [6.07, 6.45) is 5.35. The van der Waals surface area contributed by atoms with Crippen LogP contribution >= 0.6 is 0 Å². The number of nitrogens with zero attached hydrogens (tertiary/aromatic N) is 1. The van der Waals surface area contributed by atoms with Crippen molar-refractivity contribution in [1.29, 1.82) is 0 Å². The maximum absolute atomic E-state index is 12.4. The molecule has 2 aromatic rings. The average Bonchev–Trinajstić information content (AvgIpc) is 2.39. The quantitative estimate of drug-likeness (QED) is 0.742. The molecule has 17 heavy (non-hydrogen) atoms. The van der Waals surface area contributed by atoms with Gasteiger partial charge in [0.2, 0.25) is 0 Å². The monoisotopic (exact) mass is 227 g/mol. The van der Waals surface area contributed by atoms with Crippen LogP contribution < -0.4 is 0 Å². The van der Waals surface area contributed by atoms with Crippen LogP contribution in [0.3, 0.4) is 0 Å². The summed E-state index contributed by atoms with van der Waals surface area (Å²) in [5.74, 6) is 0.389. The lowest BCUT2D eigenvalue weighted by Gasteiger charge is -2.12. The van der Waals surface area contributed by atoms with Crippen molar-refractivity contribution in [3.8, 4) is 0 Å². The molecule has 1 heterocycles. The summed E-state index contributed by atoms with van der Waals surface area (Å²) in [6.45, 7) is 4.14. The van der Waals surface area contributed by atoms with Crippen molar-refractivity contribution in [1.82, 2.24) is 4.98 Å². The van der Waals surface area contributed by atoms with Crippen molar-refractivity contribution in [2.75, 3.05) is 0 Å². The largest absolute Gasteiger partial charge is 0.294 e. The van der Waals surface area contributed by atoms with E-state index in [1.807, 2.05) is 24.3 Å². The van der Waals surface area contributed by atoms with E-state index in [1.54, 1.807) is 12.4 Å². The van der Waals surface area contributed by atoms with Crippen LogP contribution in [-0.2, 0) is 0 Å². The van der Waals surface area contributed by atoms with Gasteiger partial charge in [-0.1, -0.05) is 32.0 Å². The molecule has 88 valence electrons. The molecule has 0 saturated carbocycles. The van der Waals surface area contributed by atoms with Crippen LogP contribution in [0.4, 0.5) is 0 Å². The Bertz CT molecular complexity index is 524. The van der Waals surface area contributed by atoms with Gasteiger partial charge >= 0.3 is 0 Å². The van der Waals surface area contributed by atoms with E-state index in [4.69, 9.17) is 0 Å². The van der Waals surface area contributed by atoms with E-state index >= 15 is 0 Å². The number of hydrogen-bond donors (Lipinski definition) is 0. The van der Waals surface area contributed by atoms with Crippen LogP contribution in [0.25, 0.3) is 10.8 Å². The van der Waals surface area contributed by atoms with Gasteiger partial charge in [-0.3, -0.25) is 9.78 Å². The summed E-state index contributed by atoms with van der Waals surface area (Å²) < 4.78 is 0. The lowest BCUT2D eigenvalue weighted by atomic mass is 9.91. The Kier molecular flexibility index (Phi) is 3.52. The molecule has 1 aromatic heterocycles. The van der Waals surface area contributed by atoms with E-state index in [2.05, 4.69) is 18.8 Å². The summed E-state index contributed by atoms with van der Waals surface area (Å²) in [4.78, 5) is 16.5. The highest BCUT2D eigenvalue weighted by Gasteiger charge is 2.18. The summed E-state index contributed by atoms with van der Waals surface area (Å²) in [7, 11) is 0. The normalized spacial score (nSPS) is 11.0. The number of carbonyl (C=O) groups excluding carboxylic acids is 1. The standard InChI is InChI=1S/C15H17NO/c1-3-11(4-2)15(17)14-7-5-6-12-10-16-9-8-13(12)14/h5-11H,3-4H2,1-2H3. The maximum atomic E-state index is 12.4. The van der Waals surface area contributed by atoms with Crippen molar-refractivity contribution in [3.63, 3.8) is 0 Å². The van der Waals surface area contributed by atoms with Crippen molar-refractivity contribution < 1.29 is 4.79 Å². The van der Waals surface area contributed by atoms with Gasteiger partial charge in [0.15, 0.2) is 5.78 Å². The predicted octanol–water partition coefficient (Wildman–Crippen LogP) is 3.85. The van der Waals surface area contributed by atoms with Gasteiger partial charge < -0.3 is 0 Å². The number of pyridine rings is 1. The molecule has 0 unspecified atom stereocenters. The Morgan fingerprint density at radius 2 is 2.00 bits per heavy atom. The van der Waals surface area contributed by atoms with Crippen LogP contribution in [-0.4, -0.2) is 10.8 Å². The third-order valence-corrected chi connectivity index (χ3v) is 3.30. The Morgan fingerprint density at radius 1 is 1.24 bits per heavy atom. The number of hydrogen-bond acceptors (Lipinski definition) is 2. The molecule has 0 atom stereocenters. The lowest BCUT2D eigenvalue weighted by Crippen LogP contribution is -2.13. The molecule has 0 aliphatic rings. The molecule has 0 amide bonds. The molecule has 0 spiro atoms. The zero-order chi connectivity index (χ0) is 12.3. The number of aromatic nitrogens is 1. The Morgan fingerprint density at radius 3 is 2.71 bits per heavy atom. The second-order valence-corrected chi connectivity index (χ2v) is 4.28. The van der Waals surface area contributed by atoms with E-state index in [0.29, 0.717) is 0 Å². The second kappa shape index (κ2) is 5.09. The van der Waals surface area contributed by atoms with Crippen molar-refractivity contribution in [3.05, 3.63) is 42.2 Å². The van der Waals surface area contributed by atoms with Crippen molar-refractivity contribution in [2.45, 2.75) is 26.7 Å².